The van der Waals surface area contributed by atoms with Gasteiger partial charge in [0.05, 0.1) is 0 Å². The number of nitrogens with one attached hydrogen (secondary N) is 1. The molecule has 0 radical (unpaired) electrons. The SMILES string of the molecule is CC[C@H](C)[C@H](NC(=O)CN1C(=O)N(C)C2(CCCCC2)C1=O)C(=O)O. The van der Waals surface area contributed by atoms with Gasteiger partial charge in [-0.2, -0.15) is 0 Å². The van der Waals surface area contributed by atoms with Crippen LogP contribution < -0.4 is 5.32 Å². The molecule has 1 saturated carbocycles. The zero-order valence-corrected chi connectivity index (χ0v) is 15.1. The van der Waals surface area contributed by atoms with E-state index in [0.29, 0.717) is 19.3 Å². The fraction of sp³-hybridized carbons (Fsp3) is 0.765. The summed E-state index contributed by atoms with van der Waals surface area (Å²) in [5.74, 6) is -2.35. The van der Waals surface area contributed by atoms with Crippen molar-refractivity contribution in [1.29, 1.82) is 0 Å². The highest BCUT2D eigenvalue weighted by Gasteiger charge is 2.55. The van der Waals surface area contributed by atoms with E-state index < -0.39 is 36.0 Å². The first kappa shape index (κ1) is 19.2. The monoisotopic (exact) mass is 353 g/mol. The van der Waals surface area contributed by atoms with Crippen LogP contribution in [0.25, 0.3) is 0 Å². The van der Waals surface area contributed by atoms with E-state index in [4.69, 9.17) is 0 Å². The lowest BCUT2D eigenvalue weighted by Gasteiger charge is -2.35. The number of nitrogens with zero attached hydrogens (tertiary/aromatic N) is 2. The van der Waals surface area contributed by atoms with Crippen molar-refractivity contribution in [2.24, 2.45) is 5.92 Å². The molecule has 1 heterocycles. The van der Waals surface area contributed by atoms with Crippen molar-refractivity contribution in [1.82, 2.24) is 15.1 Å². The molecule has 140 valence electrons. The molecule has 8 heteroatoms. The van der Waals surface area contributed by atoms with E-state index in [9.17, 15) is 24.3 Å². The molecule has 1 aliphatic carbocycles. The number of urea groups is 1. The number of aliphatic carboxylic acids is 1. The van der Waals surface area contributed by atoms with E-state index in [-0.39, 0.29) is 11.8 Å². The Kier molecular flexibility index (Phi) is 5.69. The first-order valence-electron chi connectivity index (χ1n) is 8.86. The lowest BCUT2D eigenvalue weighted by Crippen LogP contribution is -2.51. The number of carboxylic acids is 1. The highest BCUT2D eigenvalue weighted by atomic mass is 16.4. The van der Waals surface area contributed by atoms with Crippen LogP contribution in [0.15, 0.2) is 0 Å². The number of imide groups is 1. The third-order valence-corrected chi connectivity index (χ3v) is 5.58. The lowest BCUT2D eigenvalue weighted by molar-refractivity contribution is -0.143. The molecule has 1 saturated heterocycles. The Labute approximate surface area is 147 Å². The van der Waals surface area contributed by atoms with Crippen LogP contribution in [-0.2, 0) is 14.4 Å². The van der Waals surface area contributed by atoms with E-state index in [1.165, 1.54) is 4.90 Å². The van der Waals surface area contributed by atoms with Crippen LogP contribution in [0.4, 0.5) is 4.79 Å². The van der Waals surface area contributed by atoms with E-state index in [2.05, 4.69) is 5.32 Å². The molecule has 25 heavy (non-hydrogen) atoms. The summed E-state index contributed by atoms with van der Waals surface area (Å²) in [7, 11) is 1.60. The fourth-order valence-corrected chi connectivity index (χ4v) is 3.72. The summed E-state index contributed by atoms with van der Waals surface area (Å²) in [5, 5.41) is 11.7. The van der Waals surface area contributed by atoms with Crippen molar-refractivity contribution in [3.8, 4) is 0 Å². The second-order valence-corrected chi connectivity index (χ2v) is 7.09. The van der Waals surface area contributed by atoms with Gasteiger partial charge in [0.15, 0.2) is 0 Å². The molecule has 0 aromatic heterocycles. The van der Waals surface area contributed by atoms with Gasteiger partial charge in [0.1, 0.15) is 18.1 Å². The van der Waals surface area contributed by atoms with Crippen LogP contribution in [0, 0.1) is 5.92 Å². The van der Waals surface area contributed by atoms with Crippen LogP contribution in [-0.4, -0.2) is 63.9 Å². The van der Waals surface area contributed by atoms with E-state index >= 15 is 0 Å². The molecule has 8 nitrogen and oxygen atoms in total. The van der Waals surface area contributed by atoms with Crippen LogP contribution >= 0.6 is 0 Å². The number of hydrogen-bond donors (Lipinski definition) is 2. The molecule has 0 aromatic rings. The highest BCUT2D eigenvalue weighted by molar-refractivity contribution is 6.09. The predicted molar refractivity (Wildman–Crippen MR) is 89.7 cm³/mol. The number of rotatable bonds is 6. The number of hydrogen-bond acceptors (Lipinski definition) is 4. The smallest absolute Gasteiger partial charge is 0.327 e. The zero-order chi connectivity index (χ0) is 18.8. The first-order chi connectivity index (χ1) is 11.7. The number of carboxylic acid groups (broad SMARTS) is 1. The Bertz CT molecular complexity index is 571. The van der Waals surface area contributed by atoms with Crippen molar-refractivity contribution in [3.63, 3.8) is 0 Å². The maximum absolute atomic E-state index is 12.8. The summed E-state index contributed by atoms with van der Waals surface area (Å²) in [6, 6.07) is -1.52. The molecule has 2 fully saturated rings. The second-order valence-electron chi connectivity index (χ2n) is 7.09. The van der Waals surface area contributed by atoms with E-state index in [1.54, 1.807) is 14.0 Å². The summed E-state index contributed by atoms with van der Waals surface area (Å²) >= 11 is 0. The zero-order valence-electron chi connectivity index (χ0n) is 15.1. The second kappa shape index (κ2) is 7.41. The van der Waals surface area contributed by atoms with Crippen LogP contribution in [0.1, 0.15) is 52.4 Å². The van der Waals surface area contributed by atoms with E-state index in [1.807, 2.05) is 6.92 Å². The maximum atomic E-state index is 12.8. The molecular weight excluding hydrogens is 326 g/mol. The Morgan fingerprint density at radius 2 is 1.84 bits per heavy atom. The van der Waals surface area contributed by atoms with Crippen molar-refractivity contribution >= 4 is 23.8 Å². The van der Waals surface area contributed by atoms with Crippen molar-refractivity contribution < 1.29 is 24.3 Å². The molecule has 0 unspecified atom stereocenters. The van der Waals surface area contributed by atoms with Gasteiger partial charge >= 0.3 is 12.0 Å². The number of likely N-dealkylation sites (N-methyl/N-ethyl adjacent to an activating group) is 1. The minimum absolute atomic E-state index is 0.251. The van der Waals surface area contributed by atoms with Gasteiger partial charge in [-0.15, -0.1) is 0 Å². The Morgan fingerprint density at radius 1 is 1.24 bits per heavy atom. The summed E-state index contributed by atoms with van der Waals surface area (Å²) < 4.78 is 0. The largest absolute Gasteiger partial charge is 0.480 e. The predicted octanol–water partition coefficient (Wildman–Crippen LogP) is 1.20. The van der Waals surface area contributed by atoms with Gasteiger partial charge in [0.2, 0.25) is 5.91 Å². The van der Waals surface area contributed by atoms with Crippen molar-refractivity contribution in [2.75, 3.05) is 13.6 Å². The summed E-state index contributed by atoms with van der Waals surface area (Å²) in [6.07, 6.45) is 4.59. The topological polar surface area (TPSA) is 107 Å². The van der Waals surface area contributed by atoms with Crippen LogP contribution in [0.3, 0.4) is 0 Å². The maximum Gasteiger partial charge on any atom is 0.327 e. The average Bonchev–Trinajstić information content (AvgIpc) is 2.76. The highest BCUT2D eigenvalue weighted by Crippen LogP contribution is 2.39. The summed E-state index contributed by atoms with van der Waals surface area (Å²) in [4.78, 5) is 51.3. The molecule has 2 N–H and O–H groups in total. The average molecular weight is 353 g/mol. The van der Waals surface area contributed by atoms with Gasteiger partial charge in [-0.1, -0.05) is 39.5 Å². The minimum atomic E-state index is -1.12. The van der Waals surface area contributed by atoms with Gasteiger partial charge < -0.3 is 15.3 Å². The third-order valence-electron chi connectivity index (χ3n) is 5.58. The van der Waals surface area contributed by atoms with Gasteiger partial charge in [-0.05, 0) is 18.8 Å². The van der Waals surface area contributed by atoms with Gasteiger partial charge in [0, 0.05) is 7.05 Å². The number of carbonyl (C=O) groups excluding carboxylic acids is 3. The Balaban J connectivity index is 2.09. The molecular formula is C17H27N3O5. The third kappa shape index (κ3) is 3.48. The quantitative estimate of drug-likeness (QED) is 0.698. The Morgan fingerprint density at radius 3 is 2.36 bits per heavy atom. The van der Waals surface area contributed by atoms with Crippen molar-refractivity contribution in [3.05, 3.63) is 0 Å². The summed E-state index contributed by atoms with van der Waals surface area (Å²) in [5.41, 5.74) is -0.835. The van der Waals surface area contributed by atoms with Gasteiger partial charge in [-0.3, -0.25) is 14.5 Å². The lowest BCUT2D eigenvalue weighted by atomic mass is 9.81. The number of carbonyl (C=O) groups is 4. The molecule has 0 bridgehead atoms. The normalized spacial score (nSPS) is 22.2. The molecule has 1 aliphatic heterocycles. The van der Waals surface area contributed by atoms with Crippen molar-refractivity contribution in [2.45, 2.75) is 64.0 Å². The van der Waals surface area contributed by atoms with Crippen LogP contribution in [0.2, 0.25) is 0 Å². The summed E-state index contributed by atoms with van der Waals surface area (Å²) in [6.45, 7) is 3.13. The number of amides is 4. The molecule has 0 aromatic carbocycles. The standard InChI is InChI=1S/C17H27N3O5/c1-4-11(2)13(14(22)23)18-12(21)10-20-15(24)17(19(3)16(20)25)8-6-5-7-9-17/h11,13H,4-10H2,1-3H3,(H,18,21)(H,22,23)/t11-,13-/m0/s1. The Hall–Kier alpha value is -2.12. The fourth-order valence-electron chi connectivity index (χ4n) is 3.72. The van der Waals surface area contributed by atoms with Crippen LogP contribution in [0.5, 0.6) is 0 Å². The first-order valence-corrected chi connectivity index (χ1v) is 8.86. The molecule has 2 aliphatic rings. The molecule has 4 amide bonds. The molecule has 2 atom stereocenters. The molecule has 2 rings (SSSR count). The minimum Gasteiger partial charge on any atom is -0.480 e. The van der Waals surface area contributed by atoms with Gasteiger partial charge in [-0.25, -0.2) is 9.59 Å². The molecule has 1 spiro atoms. The van der Waals surface area contributed by atoms with Gasteiger partial charge in [0.25, 0.3) is 5.91 Å². The van der Waals surface area contributed by atoms with E-state index in [0.717, 1.165) is 24.2 Å².